The molecule has 2 aromatic carbocycles. The summed E-state index contributed by atoms with van der Waals surface area (Å²) in [7, 11) is -3.63. The van der Waals surface area contributed by atoms with Crippen molar-refractivity contribution in [2.75, 3.05) is 31.6 Å². The topological polar surface area (TPSA) is 106 Å². The highest BCUT2D eigenvalue weighted by Gasteiger charge is 2.28. The van der Waals surface area contributed by atoms with E-state index >= 15 is 0 Å². The zero-order valence-electron chi connectivity index (χ0n) is 19.1. The average molecular weight is 502 g/mol. The van der Waals surface area contributed by atoms with E-state index in [1.807, 2.05) is 0 Å². The molecule has 0 atom stereocenters. The molecule has 0 aliphatic carbocycles. The Morgan fingerprint density at radius 1 is 1.15 bits per heavy atom. The van der Waals surface area contributed by atoms with Gasteiger partial charge >= 0.3 is 5.97 Å². The van der Waals surface area contributed by atoms with Crippen molar-refractivity contribution < 1.29 is 22.7 Å². The number of piperidine rings is 1. The van der Waals surface area contributed by atoms with Gasteiger partial charge in [0.1, 0.15) is 0 Å². The average Bonchev–Trinajstić information content (AvgIpc) is 3.25. The standard InChI is InChI=1S/C24H27N3O5S2/c1-3-32-23(29)18-7-8-20-22(14-18)33-24(26-20)25-15-21(28)17-5-4-6-19(13-17)34(30,31)27-11-9-16(2)10-12-27/h4-8,13-14,16H,3,9-12,15H2,1-2H3,(H,25,26). The molecular formula is C24H27N3O5S2. The molecule has 10 heteroatoms. The summed E-state index contributed by atoms with van der Waals surface area (Å²) in [4.78, 5) is 29.3. The van der Waals surface area contributed by atoms with Crippen molar-refractivity contribution in [2.24, 2.45) is 5.92 Å². The quantitative estimate of drug-likeness (QED) is 0.364. The highest BCUT2D eigenvalue weighted by molar-refractivity contribution is 7.89. The Labute approximate surface area is 203 Å². The van der Waals surface area contributed by atoms with Crippen LogP contribution in [0.15, 0.2) is 47.4 Å². The lowest BCUT2D eigenvalue weighted by Crippen LogP contribution is -2.37. The number of esters is 1. The molecule has 1 fully saturated rings. The smallest absolute Gasteiger partial charge is 0.338 e. The molecule has 180 valence electrons. The van der Waals surface area contributed by atoms with E-state index in [1.54, 1.807) is 37.3 Å². The number of ketones is 1. The van der Waals surface area contributed by atoms with Crippen molar-refractivity contribution in [3.8, 4) is 0 Å². The molecule has 1 N–H and O–H groups in total. The first-order valence-electron chi connectivity index (χ1n) is 11.2. The molecule has 0 amide bonds. The van der Waals surface area contributed by atoms with Gasteiger partial charge in [0.25, 0.3) is 0 Å². The van der Waals surface area contributed by atoms with Crippen LogP contribution in [0.3, 0.4) is 0 Å². The number of hydrogen-bond acceptors (Lipinski definition) is 8. The normalized spacial score (nSPS) is 15.4. The maximum absolute atomic E-state index is 13.0. The number of rotatable bonds is 8. The molecule has 0 spiro atoms. The van der Waals surface area contributed by atoms with Crippen molar-refractivity contribution in [1.29, 1.82) is 0 Å². The fourth-order valence-corrected chi connectivity index (χ4v) is 6.22. The molecule has 0 unspecified atom stereocenters. The molecule has 1 aliphatic rings. The first-order chi connectivity index (χ1) is 16.3. The van der Waals surface area contributed by atoms with E-state index in [0.717, 1.165) is 17.5 Å². The van der Waals surface area contributed by atoms with Crippen LogP contribution >= 0.6 is 11.3 Å². The van der Waals surface area contributed by atoms with Gasteiger partial charge in [-0.05, 0) is 56.0 Å². The van der Waals surface area contributed by atoms with Gasteiger partial charge in [-0.1, -0.05) is 30.4 Å². The van der Waals surface area contributed by atoms with E-state index in [-0.39, 0.29) is 17.2 Å². The predicted molar refractivity (Wildman–Crippen MR) is 132 cm³/mol. The lowest BCUT2D eigenvalue weighted by molar-refractivity contribution is 0.0526. The number of nitrogens with zero attached hydrogens (tertiary/aromatic N) is 2. The number of fused-ring (bicyclic) bond motifs is 1. The number of thiazole rings is 1. The fraction of sp³-hybridized carbons (Fsp3) is 0.375. The monoisotopic (exact) mass is 501 g/mol. The fourth-order valence-electron chi connectivity index (χ4n) is 3.80. The van der Waals surface area contributed by atoms with Crippen molar-refractivity contribution in [3.63, 3.8) is 0 Å². The summed E-state index contributed by atoms with van der Waals surface area (Å²) in [6.45, 7) is 5.14. The molecule has 0 radical (unpaired) electrons. The number of hydrogen-bond donors (Lipinski definition) is 1. The number of ether oxygens (including phenoxy) is 1. The first kappa shape index (κ1) is 24.3. The van der Waals surface area contributed by atoms with Gasteiger partial charge in [0.05, 0.1) is 33.8 Å². The van der Waals surface area contributed by atoms with Crippen molar-refractivity contribution >= 4 is 48.5 Å². The van der Waals surface area contributed by atoms with Gasteiger partial charge in [0.2, 0.25) is 10.0 Å². The van der Waals surface area contributed by atoms with Crippen molar-refractivity contribution in [3.05, 3.63) is 53.6 Å². The molecule has 1 aliphatic heterocycles. The van der Waals surface area contributed by atoms with E-state index in [0.29, 0.717) is 47.4 Å². The Bertz CT molecular complexity index is 1310. The first-order valence-corrected chi connectivity index (χ1v) is 13.5. The summed E-state index contributed by atoms with van der Waals surface area (Å²) >= 11 is 1.33. The van der Waals surface area contributed by atoms with Gasteiger partial charge in [0, 0.05) is 18.7 Å². The highest BCUT2D eigenvalue weighted by Crippen LogP contribution is 2.27. The number of carbonyl (C=O) groups excluding carboxylic acids is 2. The minimum atomic E-state index is -3.63. The number of carbonyl (C=O) groups is 2. The molecule has 1 aromatic heterocycles. The largest absolute Gasteiger partial charge is 0.462 e. The Morgan fingerprint density at radius 2 is 1.91 bits per heavy atom. The third-order valence-corrected chi connectivity index (χ3v) is 8.71. The molecule has 4 rings (SSSR count). The molecule has 2 heterocycles. The van der Waals surface area contributed by atoms with E-state index in [1.165, 1.54) is 27.8 Å². The number of sulfonamides is 1. The van der Waals surface area contributed by atoms with Crippen LogP contribution in [0, 0.1) is 5.92 Å². The summed E-state index contributed by atoms with van der Waals surface area (Å²) < 4.78 is 33.4. The minimum absolute atomic E-state index is 0.0325. The lowest BCUT2D eigenvalue weighted by Gasteiger charge is -2.29. The lowest BCUT2D eigenvalue weighted by atomic mass is 10.0. The van der Waals surface area contributed by atoms with Crippen molar-refractivity contribution in [2.45, 2.75) is 31.6 Å². The number of anilines is 1. The van der Waals surface area contributed by atoms with Gasteiger partial charge in [-0.25, -0.2) is 18.2 Å². The molecule has 34 heavy (non-hydrogen) atoms. The number of Topliss-reactive ketones (excluding diaryl/α,β-unsaturated/α-hetero) is 1. The van der Waals surface area contributed by atoms with Crippen molar-refractivity contribution in [1.82, 2.24) is 9.29 Å². The van der Waals surface area contributed by atoms with Crippen LogP contribution < -0.4 is 5.32 Å². The molecule has 8 nitrogen and oxygen atoms in total. The van der Waals surface area contributed by atoms with Crippen LogP contribution in [0.1, 0.15) is 47.4 Å². The van der Waals surface area contributed by atoms with E-state index in [9.17, 15) is 18.0 Å². The van der Waals surface area contributed by atoms with Gasteiger partial charge < -0.3 is 10.1 Å². The Kier molecular flexibility index (Phi) is 7.30. The van der Waals surface area contributed by atoms with E-state index in [2.05, 4.69) is 17.2 Å². The van der Waals surface area contributed by atoms with E-state index < -0.39 is 16.0 Å². The SMILES string of the molecule is CCOC(=O)c1ccc2nc(NCC(=O)c3cccc(S(=O)(=O)N4CCC(C)CC4)c3)sc2c1. The van der Waals surface area contributed by atoms with Crippen LogP contribution in [0.5, 0.6) is 0 Å². The minimum Gasteiger partial charge on any atom is -0.462 e. The number of nitrogens with one attached hydrogen (secondary N) is 1. The summed E-state index contributed by atoms with van der Waals surface area (Å²) in [6, 6.07) is 11.3. The maximum atomic E-state index is 13.0. The van der Waals surface area contributed by atoms with Crippen LogP contribution in [-0.4, -0.2) is 55.7 Å². The number of benzene rings is 2. The van der Waals surface area contributed by atoms with Gasteiger partial charge in [0.15, 0.2) is 10.9 Å². The van der Waals surface area contributed by atoms with Gasteiger partial charge in [-0.3, -0.25) is 4.79 Å². The summed E-state index contributed by atoms with van der Waals surface area (Å²) in [5.41, 5.74) is 1.48. The second-order valence-electron chi connectivity index (χ2n) is 8.31. The third-order valence-electron chi connectivity index (χ3n) is 5.84. The molecule has 3 aromatic rings. The summed E-state index contributed by atoms with van der Waals surface area (Å²) in [5.74, 6) is -0.114. The second-order valence-corrected chi connectivity index (χ2v) is 11.3. The van der Waals surface area contributed by atoms with Gasteiger partial charge in [-0.15, -0.1) is 0 Å². The summed E-state index contributed by atoms with van der Waals surface area (Å²) in [6.07, 6.45) is 1.68. The summed E-state index contributed by atoms with van der Waals surface area (Å²) in [5, 5.41) is 3.55. The highest BCUT2D eigenvalue weighted by atomic mass is 32.2. The predicted octanol–water partition coefficient (Wildman–Crippen LogP) is 4.19. The molecule has 0 bridgehead atoms. The van der Waals surface area contributed by atoms with Gasteiger partial charge in [-0.2, -0.15) is 4.31 Å². The Balaban J connectivity index is 1.44. The third kappa shape index (κ3) is 5.29. The Hall–Kier alpha value is -2.82. The maximum Gasteiger partial charge on any atom is 0.338 e. The number of aromatic nitrogens is 1. The zero-order valence-corrected chi connectivity index (χ0v) is 20.7. The van der Waals surface area contributed by atoms with Crippen LogP contribution in [-0.2, 0) is 14.8 Å². The molecule has 1 saturated heterocycles. The van der Waals surface area contributed by atoms with Crippen LogP contribution in [0.25, 0.3) is 10.2 Å². The second kappa shape index (κ2) is 10.2. The molecule has 0 saturated carbocycles. The van der Waals surface area contributed by atoms with Crippen LogP contribution in [0.4, 0.5) is 5.13 Å². The van der Waals surface area contributed by atoms with Crippen LogP contribution in [0.2, 0.25) is 0 Å². The zero-order chi connectivity index (χ0) is 24.3. The van der Waals surface area contributed by atoms with E-state index in [4.69, 9.17) is 4.74 Å². The Morgan fingerprint density at radius 3 is 2.65 bits per heavy atom. The molecular weight excluding hydrogens is 474 g/mol.